The van der Waals surface area contributed by atoms with Gasteiger partial charge in [0.1, 0.15) is 17.6 Å². The van der Waals surface area contributed by atoms with Crippen LogP contribution in [0.3, 0.4) is 0 Å². The van der Waals surface area contributed by atoms with E-state index in [4.69, 9.17) is 9.84 Å². The number of hydrogen-bond donors (Lipinski definition) is 2. The Hall–Kier alpha value is -3.79. The molecule has 0 radical (unpaired) electrons. The molecule has 1 aliphatic rings. The number of aromatic nitrogens is 3. The maximum absolute atomic E-state index is 14.9. The summed E-state index contributed by atoms with van der Waals surface area (Å²) in [6, 6.07) is 12.0. The molecule has 1 aliphatic heterocycles. The van der Waals surface area contributed by atoms with E-state index in [1.165, 1.54) is 17.9 Å². The van der Waals surface area contributed by atoms with E-state index in [1.54, 1.807) is 23.0 Å². The molecule has 32 heavy (non-hydrogen) atoms. The number of rotatable bonds is 7. The molecule has 1 aromatic heterocycles. The Morgan fingerprint density at radius 2 is 2.06 bits per heavy atom. The molecule has 2 amide bonds. The van der Waals surface area contributed by atoms with Crippen LogP contribution in [0.15, 0.2) is 48.7 Å². The highest BCUT2D eigenvalue weighted by Gasteiger charge is 2.32. The number of carbonyl (C=O) groups excluding carboxylic acids is 2. The molecule has 2 heterocycles. The summed E-state index contributed by atoms with van der Waals surface area (Å²) in [6.45, 7) is 2.13. The summed E-state index contributed by atoms with van der Waals surface area (Å²) in [5.41, 5.74) is 2.94. The fourth-order valence-electron chi connectivity index (χ4n) is 3.47. The topological polar surface area (TPSA) is 110 Å². The zero-order chi connectivity index (χ0) is 22.7. The number of halogens is 1. The molecule has 0 saturated carbocycles. The van der Waals surface area contributed by atoms with Crippen LogP contribution >= 0.6 is 0 Å². The van der Waals surface area contributed by atoms with E-state index < -0.39 is 18.0 Å². The molecule has 1 saturated heterocycles. The minimum Gasteiger partial charge on any atom is -0.442 e. The number of benzene rings is 2. The Labute approximate surface area is 183 Å². The number of nitrogens with zero attached hydrogens (tertiary/aromatic N) is 4. The normalized spacial score (nSPS) is 15.7. The number of aliphatic hydroxyl groups excluding tert-OH is 1. The molecule has 0 bridgehead atoms. The summed E-state index contributed by atoms with van der Waals surface area (Å²) in [4.78, 5) is 24.5. The highest BCUT2D eigenvalue weighted by atomic mass is 19.1. The Bertz CT molecular complexity index is 1130. The van der Waals surface area contributed by atoms with Gasteiger partial charge in [-0.15, -0.1) is 5.10 Å². The van der Waals surface area contributed by atoms with Gasteiger partial charge in [-0.3, -0.25) is 9.69 Å². The lowest BCUT2D eigenvalue weighted by molar-refractivity contribution is -0.119. The van der Waals surface area contributed by atoms with E-state index in [0.29, 0.717) is 29.1 Å². The molecular weight excluding hydrogens is 417 g/mol. The molecule has 1 unspecified atom stereocenters. The van der Waals surface area contributed by atoms with Crippen LogP contribution in [0.25, 0.3) is 11.1 Å². The number of carbonyl (C=O) groups is 2. The van der Waals surface area contributed by atoms with Crippen molar-refractivity contribution < 1.29 is 23.8 Å². The van der Waals surface area contributed by atoms with Crippen LogP contribution in [-0.2, 0) is 22.7 Å². The van der Waals surface area contributed by atoms with E-state index >= 15 is 0 Å². The Balaban J connectivity index is 1.45. The molecular formula is C22H22FN5O4. The van der Waals surface area contributed by atoms with Crippen molar-refractivity contribution in [3.8, 4) is 11.1 Å². The molecule has 3 aromatic rings. The Morgan fingerprint density at radius 3 is 2.72 bits per heavy atom. The van der Waals surface area contributed by atoms with Gasteiger partial charge in [0, 0.05) is 12.5 Å². The van der Waals surface area contributed by atoms with Crippen LogP contribution in [0.2, 0.25) is 0 Å². The minimum atomic E-state index is -0.575. The fraction of sp³-hybridized carbons (Fsp3) is 0.273. The van der Waals surface area contributed by atoms with Gasteiger partial charge in [-0.1, -0.05) is 29.5 Å². The molecule has 0 aliphatic carbocycles. The highest BCUT2D eigenvalue weighted by molar-refractivity contribution is 5.90. The molecule has 0 spiro atoms. The third-order valence-electron chi connectivity index (χ3n) is 5.07. The Morgan fingerprint density at radius 1 is 1.28 bits per heavy atom. The third kappa shape index (κ3) is 4.75. The van der Waals surface area contributed by atoms with E-state index in [1.807, 2.05) is 24.3 Å². The lowest BCUT2D eigenvalue weighted by Crippen LogP contribution is -2.33. The van der Waals surface area contributed by atoms with Gasteiger partial charge in [0.25, 0.3) is 0 Å². The molecule has 4 rings (SSSR count). The molecule has 1 atom stereocenters. The summed E-state index contributed by atoms with van der Waals surface area (Å²) in [5, 5.41) is 19.5. The van der Waals surface area contributed by atoms with Crippen LogP contribution in [-0.4, -0.2) is 51.3 Å². The van der Waals surface area contributed by atoms with Crippen molar-refractivity contribution in [3.63, 3.8) is 0 Å². The number of aliphatic hydroxyl groups is 1. The maximum atomic E-state index is 14.9. The van der Waals surface area contributed by atoms with Crippen molar-refractivity contribution in [2.24, 2.45) is 0 Å². The summed E-state index contributed by atoms with van der Waals surface area (Å²) >= 11 is 0. The van der Waals surface area contributed by atoms with E-state index in [-0.39, 0.29) is 25.6 Å². The number of amides is 2. The largest absolute Gasteiger partial charge is 0.442 e. The first-order valence-electron chi connectivity index (χ1n) is 10.0. The van der Waals surface area contributed by atoms with Gasteiger partial charge in [-0.25, -0.2) is 13.9 Å². The van der Waals surface area contributed by atoms with Gasteiger partial charge in [-0.05, 0) is 29.3 Å². The monoisotopic (exact) mass is 439 g/mol. The van der Waals surface area contributed by atoms with Gasteiger partial charge in [0.2, 0.25) is 5.91 Å². The average Bonchev–Trinajstić information content (AvgIpc) is 3.39. The van der Waals surface area contributed by atoms with E-state index in [2.05, 4.69) is 15.6 Å². The van der Waals surface area contributed by atoms with Crippen LogP contribution in [0.4, 0.5) is 14.9 Å². The maximum Gasteiger partial charge on any atom is 0.414 e. The first kappa shape index (κ1) is 21.4. The van der Waals surface area contributed by atoms with Crippen molar-refractivity contribution in [1.29, 1.82) is 0 Å². The number of ether oxygens (including phenoxy) is 1. The van der Waals surface area contributed by atoms with Crippen LogP contribution in [0.5, 0.6) is 0 Å². The van der Waals surface area contributed by atoms with Crippen molar-refractivity contribution in [2.75, 3.05) is 18.0 Å². The van der Waals surface area contributed by atoms with Crippen LogP contribution < -0.4 is 10.2 Å². The van der Waals surface area contributed by atoms with Gasteiger partial charge < -0.3 is 15.2 Å². The van der Waals surface area contributed by atoms with Crippen molar-refractivity contribution in [2.45, 2.75) is 26.2 Å². The second kappa shape index (κ2) is 9.15. The van der Waals surface area contributed by atoms with Crippen LogP contribution in [0, 0.1) is 5.82 Å². The van der Waals surface area contributed by atoms with Gasteiger partial charge >= 0.3 is 6.09 Å². The smallest absolute Gasteiger partial charge is 0.414 e. The average molecular weight is 439 g/mol. The standard InChI is InChI=1S/C22H22FN5O4/c1-14(30)24-9-19-12-28(22(31)32-19)18-6-7-20(21(23)8-18)16-4-2-15(3-5-16)10-27-11-17(13-29)25-26-27/h2-8,11,19,29H,9-10,12-13H2,1H3,(H,24,30). The van der Waals surface area contributed by atoms with Crippen molar-refractivity contribution >= 4 is 17.7 Å². The van der Waals surface area contributed by atoms with Gasteiger partial charge in [0.15, 0.2) is 0 Å². The quantitative estimate of drug-likeness (QED) is 0.584. The molecule has 166 valence electrons. The second-order valence-electron chi connectivity index (χ2n) is 7.48. The zero-order valence-electron chi connectivity index (χ0n) is 17.4. The first-order chi connectivity index (χ1) is 15.4. The molecule has 1 fully saturated rings. The SMILES string of the molecule is CC(=O)NCC1CN(c2ccc(-c3ccc(Cn4cc(CO)nn4)cc3)c(F)c2)C(=O)O1. The number of hydrogen-bond acceptors (Lipinski definition) is 6. The molecule has 2 aromatic carbocycles. The number of nitrogens with one attached hydrogen (secondary N) is 1. The van der Waals surface area contributed by atoms with Crippen LogP contribution in [0.1, 0.15) is 18.2 Å². The summed E-state index contributed by atoms with van der Waals surface area (Å²) < 4.78 is 21.7. The van der Waals surface area contributed by atoms with Gasteiger partial charge in [-0.2, -0.15) is 0 Å². The minimum absolute atomic E-state index is 0.167. The lowest BCUT2D eigenvalue weighted by atomic mass is 10.0. The summed E-state index contributed by atoms with van der Waals surface area (Å²) in [6.07, 6.45) is 0.602. The van der Waals surface area contributed by atoms with Crippen molar-refractivity contribution in [3.05, 3.63) is 65.7 Å². The van der Waals surface area contributed by atoms with Crippen molar-refractivity contribution in [1.82, 2.24) is 20.3 Å². The second-order valence-corrected chi connectivity index (χ2v) is 7.48. The van der Waals surface area contributed by atoms with E-state index in [9.17, 15) is 14.0 Å². The first-order valence-corrected chi connectivity index (χ1v) is 10.0. The molecule has 2 N–H and O–H groups in total. The predicted molar refractivity (Wildman–Crippen MR) is 113 cm³/mol. The van der Waals surface area contributed by atoms with Gasteiger partial charge in [0.05, 0.1) is 38.1 Å². The predicted octanol–water partition coefficient (Wildman–Crippen LogP) is 2.09. The zero-order valence-corrected chi connectivity index (χ0v) is 17.4. The summed E-state index contributed by atoms with van der Waals surface area (Å²) in [5.74, 6) is -0.672. The highest BCUT2D eigenvalue weighted by Crippen LogP contribution is 2.29. The number of cyclic esters (lactones) is 1. The molecule has 10 heteroatoms. The van der Waals surface area contributed by atoms with E-state index in [0.717, 1.165) is 5.56 Å². The fourth-order valence-corrected chi connectivity index (χ4v) is 3.47. The molecule has 9 nitrogen and oxygen atoms in total. The summed E-state index contributed by atoms with van der Waals surface area (Å²) in [7, 11) is 0. The lowest BCUT2D eigenvalue weighted by Gasteiger charge is -2.14. The number of anilines is 1. The Kier molecular flexibility index (Phi) is 6.13. The third-order valence-corrected chi connectivity index (χ3v) is 5.07.